The topological polar surface area (TPSA) is 84.2 Å². The second-order valence-corrected chi connectivity index (χ2v) is 6.83. The zero-order valence-electron chi connectivity index (χ0n) is 15.6. The first-order chi connectivity index (χ1) is 12.4. The van der Waals surface area contributed by atoms with Gasteiger partial charge in [-0.05, 0) is 35.6 Å². The van der Waals surface area contributed by atoms with Crippen LogP contribution >= 0.6 is 0 Å². The Hall–Kier alpha value is -2.66. The number of benzene rings is 2. The zero-order chi connectivity index (χ0) is 19.1. The summed E-state index contributed by atoms with van der Waals surface area (Å²) in [6.07, 6.45) is 0. The van der Waals surface area contributed by atoms with Gasteiger partial charge in [-0.2, -0.15) is 0 Å². The van der Waals surface area contributed by atoms with Gasteiger partial charge >= 0.3 is 0 Å². The minimum absolute atomic E-state index is 0.0300. The van der Waals surface area contributed by atoms with Gasteiger partial charge in [0.15, 0.2) is 0 Å². The summed E-state index contributed by atoms with van der Waals surface area (Å²) in [5.74, 6) is -0.519. The number of hydrogen-bond acceptors (Lipinski definition) is 3. The Labute approximate surface area is 155 Å². The molecule has 0 fully saturated rings. The largest absolute Gasteiger partial charge is 0.350 e. The molecule has 2 rings (SSSR count). The Morgan fingerprint density at radius 2 is 1.65 bits per heavy atom. The van der Waals surface area contributed by atoms with Crippen LogP contribution in [0.5, 0.6) is 0 Å². The molecule has 0 aliphatic heterocycles. The molecule has 5 heteroatoms. The molecule has 0 aromatic heterocycles. The monoisotopic (exact) mass is 353 g/mol. The van der Waals surface area contributed by atoms with E-state index in [1.54, 1.807) is 0 Å². The van der Waals surface area contributed by atoms with Crippen LogP contribution in [0.3, 0.4) is 0 Å². The van der Waals surface area contributed by atoms with Crippen LogP contribution in [0.2, 0.25) is 0 Å². The number of carbonyl (C=O) groups excluding carboxylic acids is 2. The molecule has 0 radical (unpaired) electrons. The smallest absolute Gasteiger partial charge is 0.239 e. The predicted octanol–water partition coefficient (Wildman–Crippen LogP) is 2.38. The van der Waals surface area contributed by atoms with Crippen molar-refractivity contribution >= 4 is 11.8 Å². The third kappa shape index (κ3) is 5.70. The van der Waals surface area contributed by atoms with Gasteiger partial charge in [0.05, 0.1) is 12.6 Å². The molecule has 0 aliphatic carbocycles. The Morgan fingerprint density at radius 1 is 1.00 bits per heavy atom. The Balaban J connectivity index is 1.89. The highest BCUT2D eigenvalue weighted by atomic mass is 16.2. The van der Waals surface area contributed by atoms with Crippen molar-refractivity contribution in [3.8, 4) is 11.1 Å². The van der Waals surface area contributed by atoms with E-state index >= 15 is 0 Å². The summed E-state index contributed by atoms with van der Waals surface area (Å²) in [6, 6.07) is 15.7. The van der Waals surface area contributed by atoms with Gasteiger partial charge in [-0.3, -0.25) is 9.59 Å². The number of amides is 2. The van der Waals surface area contributed by atoms with Crippen molar-refractivity contribution in [3.05, 3.63) is 59.7 Å². The fraction of sp³-hybridized carbons (Fsp3) is 0.333. The molecule has 138 valence electrons. The first-order valence-electron chi connectivity index (χ1n) is 8.83. The van der Waals surface area contributed by atoms with Crippen LogP contribution < -0.4 is 16.4 Å². The highest BCUT2D eigenvalue weighted by Crippen LogP contribution is 2.21. The van der Waals surface area contributed by atoms with Gasteiger partial charge < -0.3 is 16.4 Å². The van der Waals surface area contributed by atoms with Crippen LogP contribution in [0, 0.1) is 12.8 Å². The molecular formula is C21H27N3O2. The third-order valence-corrected chi connectivity index (χ3v) is 4.21. The van der Waals surface area contributed by atoms with Crippen molar-refractivity contribution < 1.29 is 9.59 Å². The number of rotatable bonds is 7. The SMILES string of the molecule is Cc1cccc(-c2cccc(CNC(=O)CNC(=O)[C@@H](N)C(C)C)c2)c1. The summed E-state index contributed by atoms with van der Waals surface area (Å²) in [6.45, 7) is 6.13. The van der Waals surface area contributed by atoms with Crippen LogP contribution in [0.4, 0.5) is 0 Å². The maximum atomic E-state index is 11.9. The molecule has 2 aromatic rings. The summed E-state index contributed by atoms with van der Waals surface area (Å²) >= 11 is 0. The summed E-state index contributed by atoms with van der Waals surface area (Å²) < 4.78 is 0. The normalized spacial score (nSPS) is 11.9. The molecule has 2 aromatic carbocycles. The summed E-state index contributed by atoms with van der Waals surface area (Å²) in [5.41, 5.74) is 10.2. The van der Waals surface area contributed by atoms with Gasteiger partial charge in [0, 0.05) is 6.54 Å². The van der Waals surface area contributed by atoms with E-state index in [-0.39, 0.29) is 24.3 Å². The molecule has 0 unspecified atom stereocenters. The summed E-state index contributed by atoms with van der Waals surface area (Å²) in [5, 5.41) is 5.39. The molecule has 0 aliphatic rings. The quantitative estimate of drug-likeness (QED) is 0.714. The fourth-order valence-corrected chi connectivity index (χ4v) is 2.54. The number of nitrogens with two attached hydrogens (primary N) is 1. The van der Waals surface area contributed by atoms with E-state index in [1.165, 1.54) is 5.56 Å². The molecule has 2 amide bonds. The van der Waals surface area contributed by atoms with E-state index in [1.807, 2.05) is 38.1 Å². The van der Waals surface area contributed by atoms with Crippen molar-refractivity contribution in [1.29, 1.82) is 0 Å². The molecule has 1 atom stereocenters. The minimum atomic E-state index is -0.603. The van der Waals surface area contributed by atoms with Crippen LogP contribution in [0.15, 0.2) is 48.5 Å². The van der Waals surface area contributed by atoms with E-state index in [9.17, 15) is 9.59 Å². The maximum Gasteiger partial charge on any atom is 0.239 e. The number of aryl methyl sites for hydroxylation is 1. The molecule has 26 heavy (non-hydrogen) atoms. The van der Waals surface area contributed by atoms with E-state index < -0.39 is 6.04 Å². The molecule has 0 bridgehead atoms. The molecule has 4 N–H and O–H groups in total. The lowest BCUT2D eigenvalue weighted by molar-refractivity contribution is -0.127. The highest BCUT2D eigenvalue weighted by molar-refractivity contribution is 5.87. The van der Waals surface area contributed by atoms with Crippen molar-refractivity contribution in [2.75, 3.05) is 6.54 Å². The van der Waals surface area contributed by atoms with E-state index in [0.29, 0.717) is 6.54 Å². The highest BCUT2D eigenvalue weighted by Gasteiger charge is 2.17. The van der Waals surface area contributed by atoms with E-state index in [4.69, 9.17) is 5.73 Å². The zero-order valence-corrected chi connectivity index (χ0v) is 15.6. The van der Waals surface area contributed by atoms with Gasteiger partial charge in [-0.25, -0.2) is 0 Å². The Morgan fingerprint density at radius 3 is 2.31 bits per heavy atom. The van der Waals surface area contributed by atoms with Gasteiger partial charge in [-0.1, -0.05) is 61.9 Å². The van der Waals surface area contributed by atoms with Crippen LogP contribution in [0.25, 0.3) is 11.1 Å². The van der Waals surface area contributed by atoms with E-state index in [2.05, 4.69) is 41.8 Å². The lowest BCUT2D eigenvalue weighted by Crippen LogP contribution is -2.47. The third-order valence-electron chi connectivity index (χ3n) is 4.21. The standard InChI is InChI=1S/C21H27N3O2/c1-14(2)20(22)21(26)24-13-19(25)23-12-16-7-5-9-18(11-16)17-8-4-6-15(3)10-17/h4-11,14,20H,12-13,22H2,1-3H3,(H,23,25)(H,24,26)/t20-/m0/s1. The molecule has 5 nitrogen and oxygen atoms in total. The van der Waals surface area contributed by atoms with Crippen molar-refractivity contribution in [3.63, 3.8) is 0 Å². The van der Waals surface area contributed by atoms with Crippen LogP contribution in [-0.2, 0) is 16.1 Å². The molecule has 0 heterocycles. The maximum absolute atomic E-state index is 11.9. The molecule has 0 saturated heterocycles. The van der Waals surface area contributed by atoms with Gasteiger partial charge in [0.25, 0.3) is 0 Å². The van der Waals surface area contributed by atoms with Crippen molar-refractivity contribution in [2.45, 2.75) is 33.4 Å². The van der Waals surface area contributed by atoms with Gasteiger partial charge in [0.1, 0.15) is 0 Å². The second-order valence-electron chi connectivity index (χ2n) is 6.83. The second kappa shape index (κ2) is 9.15. The summed E-state index contributed by atoms with van der Waals surface area (Å²) in [4.78, 5) is 23.7. The van der Waals surface area contributed by atoms with Gasteiger partial charge in [-0.15, -0.1) is 0 Å². The summed E-state index contributed by atoms with van der Waals surface area (Å²) in [7, 11) is 0. The predicted molar refractivity (Wildman–Crippen MR) is 104 cm³/mol. The molecule has 0 spiro atoms. The van der Waals surface area contributed by atoms with Crippen LogP contribution in [-0.4, -0.2) is 24.4 Å². The number of hydrogen-bond donors (Lipinski definition) is 3. The number of carbonyl (C=O) groups is 2. The van der Waals surface area contributed by atoms with Crippen molar-refractivity contribution in [1.82, 2.24) is 10.6 Å². The lowest BCUT2D eigenvalue weighted by Gasteiger charge is -2.15. The first-order valence-corrected chi connectivity index (χ1v) is 8.83. The molecule has 0 saturated carbocycles. The lowest BCUT2D eigenvalue weighted by atomic mass is 10.0. The van der Waals surface area contributed by atoms with Gasteiger partial charge in [0.2, 0.25) is 11.8 Å². The molecular weight excluding hydrogens is 326 g/mol. The van der Waals surface area contributed by atoms with Crippen molar-refractivity contribution in [2.24, 2.45) is 11.7 Å². The Kier molecular flexibility index (Phi) is 6.92. The average Bonchev–Trinajstić information content (AvgIpc) is 2.64. The average molecular weight is 353 g/mol. The Bertz CT molecular complexity index is 771. The number of nitrogens with one attached hydrogen (secondary N) is 2. The van der Waals surface area contributed by atoms with Crippen LogP contribution in [0.1, 0.15) is 25.0 Å². The minimum Gasteiger partial charge on any atom is -0.350 e. The van der Waals surface area contributed by atoms with E-state index in [0.717, 1.165) is 16.7 Å². The first kappa shape index (κ1) is 19.7. The fourth-order valence-electron chi connectivity index (χ4n) is 2.54.